The first-order valence-electron chi connectivity index (χ1n) is 6.90. The van der Waals surface area contributed by atoms with Crippen LogP contribution in [0, 0.1) is 0 Å². The molecule has 0 aliphatic rings. The number of aryl methyl sites for hydroxylation is 1. The third-order valence-electron chi connectivity index (χ3n) is 2.81. The van der Waals surface area contributed by atoms with E-state index in [0.717, 1.165) is 36.6 Å². The number of ether oxygens (including phenoxy) is 1. The first kappa shape index (κ1) is 14.2. The lowest BCUT2D eigenvalue weighted by Gasteiger charge is -2.08. The molecule has 0 saturated carbocycles. The molecule has 2 aromatic heterocycles. The van der Waals surface area contributed by atoms with Crippen molar-refractivity contribution in [3.8, 4) is 5.88 Å². The molecule has 0 aromatic carbocycles. The number of rotatable bonds is 7. The molecule has 0 aliphatic heterocycles. The number of hydrogen-bond donors (Lipinski definition) is 1. The summed E-state index contributed by atoms with van der Waals surface area (Å²) in [4.78, 5) is 13.1. The van der Waals surface area contributed by atoms with Gasteiger partial charge in [0, 0.05) is 37.8 Å². The van der Waals surface area contributed by atoms with Crippen LogP contribution in [0.1, 0.15) is 24.9 Å². The number of nitrogens with one attached hydrogen (secondary N) is 1. The Hall–Kier alpha value is -2.17. The van der Waals surface area contributed by atoms with Crippen LogP contribution in [0.2, 0.25) is 0 Å². The van der Waals surface area contributed by atoms with Gasteiger partial charge in [-0.05, 0) is 18.6 Å². The lowest BCUT2D eigenvalue weighted by atomic mass is 10.3. The molecule has 0 radical (unpaired) electrons. The SMILES string of the molecule is CCCc1nc(NC)cc(OCCc2ccccn2)n1. The van der Waals surface area contributed by atoms with Crippen LogP contribution in [-0.2, 0) is 12.8 Å². The van der Waals surface area contributed by atoms with Crippen molar-refractivity contribution in [2.45, 2.75) is 26.2 Å². The van der Waals surface area contributed by atoms with Crippen LogP contribution in [0.5, 0.6) is 5.88 Å². The summed E-state index contributed by atoms with van der Waals surface area (Å²) in [5, 5.41) is 3.03. The molecule has 0 bridgehead atoms. The maximum atomic E-state index is 5.71. The van der Waals surface area contributed by atoms with Crippen molar-refractivity contribution < 1.29 is 4.74 Å². The Morgan fingerprint density at radius 1 is 1.20 bits per heavy atom. The van der Waals surface area contributed by atoms with E-state index in [-0.39, 0.29) is 0 Å². The van der Waals surface area contributed by atoms with Crippen LogP contribution in [0.4, 0.5) is 5.82 Å². The van der Waals surface area contributed by atoms with Gasteiger partial charge in [0.1, 0.15) is 11.6 Å². The minimum Gasteiger partial charge on any atom is -0.477 e. The van der Waals surface area contributed by atoms with Gasteiger partial charge in [0.15, 0.2) is 0 Å². The van der Waals surface area contributed by atoms with Crippen molar-refractivity contribution in [3.05, 3.63) is 42.0 Å². The molecular formula is C15H20N4O. The Bertz CT molecular complexity index is 531. The standard InChI is InChI=1S/C15H20N4O/c1-3-6-13-18-14(16-2)11-15(19-13)20-10-8-12-7-4-5-9-17-12/h4-5,7,9,11H,3,6,8,10H2,1-2H3,(H,16,18,19). The maximum absolute atomic E-state index is 5.71. The smallest absolute Gasteiger partial charge is 0.218 e. The lowest BCUT2D eigenvalue weighted by Crippen LogP contribution is -2.07. The molecule has 106 valence electrons. The van der Waals surface area contributed by atoms with Gasteiger partial charge < -0.3 is 10.1 Å². The van der Waals surface area contributed by atoms with Crippen LogP contribution in [0.15, 0.2) is 30.5 Å². The number of aromatic nitrogens is 3. The van der Waals surface area contributed by atoms with Gasteiger partial charge in [-0.1, -0.05) is 13.0 Å². The second-order valence-corrected chi connectivity index (χ2v) is 4.43. The minimum atomic E-state index is 0.558. The van der Waals surface area contributed by atoms with Gasteiger partial charge >= 0.3 is 0 Å². The molecule has 0 atom stereocenters. The third-order valence-corrected chi connectivity index (χ3v) is 2.81. The average molecular weight is 272 g/mol. The molecule has 0 saturated heterocycles. The lowest BCUT2D eigenvalue weighted by molar-refractivity contribution is 0.306. The zero-order valence-electron chi connectivity index (χ0n) is 12.0. The number of pyridine rings is 1. The normalized spacial score (nSPS) is 10.3. The molecule has 1 N–H and O–H groups in total. The molecule has 2 heterocycles. The van der Waals surface area contributed by atoms with Crippen LogP contribution < -0.4 is 10.1 Å². The fourth-order valence-electron chi connectivity index (χ4n) is 1.82. The number of hydrogen-bond acceptors (Lipinski definition) is 5. The number of anilines is 1. The molecule has 0 unspecified atom stereocenters. The van der Waals surface area contributed by atoms with Gasteiger partial charge in [-0.3, -0.25) is 4.98 Å². The zero-order valence-corrected chi connectivity index (χ0v) is 12.0. The maximum Gasteiger partial charge on any atom is 0.218 e. The highest BCUT2D eigenvalue weighted by atomic mass is 16.5. The van der Waals surface area contributed by atoms with Gasteiger partial charge in [-0.2, -0.15) is 4.98 Å². The van der Waals surface area contributed by atoms with E-state index in [1.165, 1.54) is 0 Å². The Labute approximate surface area is 119 Å². The third kappa shape index (κ3) is 4.19. The highest BCUT2D eigenvalue weighted by Gasteiger charge is 2.04. The van der Waals surface area contributed by atoms with E-state index < -0.39 is 0 Å². The molecule has 20 heavy (non-hydrogen) atoms. The Balaban J connectivity index is 1.96. The summed E-state index contributed by atoms with van der Waals surface area (Å²) in [6.07, 6.45) is 4.42. The first-order chi connectivity index (χ1) is 9.81. The van der Waals surface area contributed by atoms with E-state index in [9.17, 15) is 0 Å². The molecule has 0 spiro atoms. The molecule has 0 fully saturated rings. The van der Waals surface area contributed by atoms with E-state index in [0.29, 0.717) is 12.5 Å². The highest BCUT2D eigenvalue weighted by Crippen LogP contribution is 2.14. The van der Waals surface area contributed by atoms with E-state index in [2.05, 4.69) is 27.2 Å². The van der Waals surface area contributed by atoms with Crippen LogP contribution >= 0.6 is 0 Å². The quantitative estimate of drug-likeness (QED) is 0.839. The Morgan fingerprint density at radius 2 is 2.10 bits per heavy atom. The highest BCUT2D eigenvalue weighted by molar-refractivity contribution is 5.37. The predicted molar refractivity (Wildman–Crippen MR) is 79.0 cm³/mol. The van der Waals surface area contributed by atoms with Crippen molar-refractivity contribution in [1.29, 1.82) is 0 Å². The summed E-state index contributed by atoms with van der Waals surface area (Å²) in [5.41, 5.74) is 1.02. The van der Waals surface area contributed by atoms with Gasteiger partial charge in [0.05, 0.1) is 6.61 Å². The van der Waals surface area contributed by atoms with E-state index >= 15 is 0 Å². The molecule has 2 aromatic rings. The Morgan fingerprint density at radius 3 is 2.80 bits per heavy atom. The molecule has 2 rings (SSSR count). The summed E-state index contributed by atoms with van der Waals surface area (Å²) in [7, 11) is 1.84. The number of nitrogens with zero attached hydrogens (tertiary/aromatic N) is 3. The fourth-order valence-corrected chi connectivity index (χ4v) is 1.82. The topological polar surface area (TPSA) is 59.9 Å². The van der Waals surface area contributed by atoms with E-state index in [4.69, 9.17) is 4.74 Å². The monoisotopic (exact) mass is 272 g/mol. The summed E-state index contributed by atoms with van der Waals surface area (Å²) >= 11 is 0. The van der Waals surface area contributed by atoms with Crippen LogP contribution in [-0.4, -0.2) is 28.6 Å². The van der Waals surface area contributed by atoms with Crippen LogP contribution in [0.3, 0.4) is 0 Å². The average Bonchev–Trinajstić information content (AvgIpc) is 2.48. The zero-order chi connectivity index (χ0) is 14.2. The minimum absolute atomic E-state index is 0.558. The van der Waals surface area contributed by atoms with E-state index in [1.807, 2.05) is 31.3 Å². The molecule has 0 amide bonds. The Kier molecular flexibility index (Phi) is 5.29. The molecule has 5 heteroatoms. The van der Waals surface area contributed by atoms with Gasteiger partial charge in [0.2, 0.25) is 5.88 Å². The first-order valence-corrected chi connectivity index (χ1v) is 6.90. The predicted octanol–water partition coefficient (Wildman–Crippen LogP) is 2.49. The molecule has 5 nitrogen and oxygen atoms in total. The van der Waals surface area contributed by atoms with Crippen molar-refractivity contribution in [2.24, 2.45) is 0 Å². The van der Waals surface area contributed by atoms with E-state index in [1.54, 1.807) is 6.20 Å². The summed E-state index contributed by atoms with van der Waals surface area (Å²) in [5.74, 6) is 2.22. The van der Waals surface area contributed by atoms with Gasteiger partial charge in [-0.25, -0.2) is 4.98 Å². The summed E-state index contributed by atoms with van der Waals surface area (Å²) in [6.45, 7) is 2.67. The van der Waals surface area contributed by atoms with Crippen molar-refractivity contribution >= 4 is 5.82 Å². The molecule has 0 aliphatic carbocycles. The molecular weight excluding hydrogens is 252 g/mol. The summed E-state index contributed by atoms with van der Waals surface area (Å²) in [6, 6.07) is 7.69. The van der Waals surface area contributed by atoms with Crippen molar-refractivity contribution in [3.63, 3.8) is 0 Å². The van der Waals surface area contributed by atoms with Gasteiger partial charge in [-0.15, -0.1) is 0 Å². The second kappa shape index (κ2) is 7.43. The fraction of sp³-hybridized carbons (Fsp3) is 0.400. The summed E-state index contributed by atoms with van der Waals surface area (Å²) < 4.78 is 5.71. The van der Waals surface area contributed by atoms with Crippen LogP contribution in [0.25, 0.3) is 0 Å². The van der Waals surface area contributed by atoms with Crippen molar-refractivity contribution in [1.82, 2.24) is 15.0 Å². The second-order valence-electron chi connectivity index (χ2n) is 4.43. The largest absolute Gasteiger partial charge is 0.477 e. The van der Waals surface area contributed by atoms with Crippen molar-refractivity contribution in [2.75, 3.05) is 19.0 Å². The van der Waals surface area contributed by atoms with Gasteiger partial charge in [0.25, 0.3) is 0 Å².